The van der Waals surface area contributed by atoms with Crippen LogP contribution >= 0.6 is 0 Å². The molecule has 1 fully saturated rings. The number of carbonyl (C=O) groups excluding carboxylic acids is 5. The Kier molecular flexibility index (Phi) is 5.93. The van der Waals surface area contributed by atoms with Gasteiger partial charge in [-0.3, -0.25) is 39.0 Å². The van der Waals surface area contributed by atoms with Gasteiger partial charge in [0.1, 0.15) is 25.0 Å². The molecule has 0 aliphatic carbocycles. The van der Waals surface area contributed by atoms with Crippen LogP contribution in [-0.4, -0.2) is 45.5 Å². The lowest BCUT2D eigenvalue weighted by Gasteiger charge is -2.43. The van der Waals surface area contributed by atoms with Gasteiger partial charge in [0.05, 0.1) is 22.0 Å². The minimum Gasteiger partial charge on any atom is -0.460 e. The summed E-state index contributed by atoms with van der Waals surface area (Å²) in [6, 6.07) is 11.7. The molecule has 0 unspecified atom stereocenters. The zero-order valence-electron chi connectivity index (χ0n) is 17.9. The highest BCUT2D eigenvalue weighted by Crippen LogP contribution is 2.33. The van der Waals surface area contributed by atoms with Gasteiger partial charge in [-0.15, -0.1) is 0 Å². The molecule has 2 aromatic carbocycles. The van der Waals surface area contributed by atoms with Crippen molar-refractivity contribution in [3.8, 4) is 0 Å². The van der Waals surface area contributed by atoms with E-state index in [4.69, 9.17) is 4.74 Å². The minimum atomic E-state index is -0.991. The molecule has 2 aliphatic rings. The Labute approximate surface area is 192 Å². The molecule has 0 aromatic heterocycles. The number of benzene rings is 2. The second-order valence-corrected chi connectivity index (χ2v) is 8.02. The number of esters is 1. The number of ether oxygens (including phenoxy) is 1. The van der Waals surface area contributed by atoms with Gasteiger partial charge in [-0.05, 0) is 29.8 Å². The van der Waals surface area contributed by atoms with Gasteiger partial charge in [0.15, 0.2) is 0 Å². The predicted molar refractivity (Wildman–Crippen MR) is 114 cm³/mol. The molecule has 3 atom stereocenters. The maximum Gasteiger partial charge on any atom is 0.313 e. The molecule has 11 heteroatoms. The fourth-order valence-electron chi connectivity index (χ4n) is 4.00. The summed E-state index contributed by atoms with van der Waals surface area (Å²) < 4.78 is 5.06. The normalized spacial score (nSPS) is 19.7. The molecule has 4 rings (SSSR count). The fourth-order valence-corrected chi connectivity index (χ4v) is 4.00. The number of amides is 3. The molecule has 2 heterocycles. The van der Waals surface area contributed by atoms with Crippen molar-refractivity contribution in [3.05, 3.63) is 75.3 Å². The van der Waals surface area contributed by atoms with Gasteiger partial charge < -0.3 is 10.1 Å². The number of nitro benzene ring substituents is 1. The lowest BCUT2D eigenvalue weighted by molar-refractivity contribution is -0.384. The van der Waals surface area contributed by atoms with Crippen molar-refractivity contribution in [1.29, 1.82) is 0 Å². The molecule has 2 aliphatic heterocycles. The summed E-state index contributed by atoms with van der Waals surface area (Å²) in [6.45, 7) is 1.28. The number of fused-ring (bicyclic) bond motifs is 1. The van der Waals surface area contributed by atoms with Gasteiger partial charge in [-0.25, -0.2) is 0 Å². The number of nitro groups is 1. The third kappa shape index (κ3) is 4.03. The summed E-state index contributed by atoms with van der Waals surface area (Å²) >= 11 is 0. The Hall–Kier alpha value is -4.41. The minimum absolute atomic E-state index is 0.106. The number of imide groups is 1. The Bertz CT molecular complexity index is 1190. The number of nitrogens with one attached hydrogen (secondary N) is 1. The first-order chi connectivity index (χ1) is 16.2. The van der Waals surface area contributed by atoms with Crippen LogP contribution in [0.3, 0.4) is 0 Å². The van der Waals surface area contributed by atoms with E-state index in [1.54, 1.807) is 12.1 Å². The van der Waals surface area contributed by atoms with E-state index in [0.29, 0.717) is 5.56 Å². The Morgan fingerprint density at radius 3 is 2.18 bits per heavy atom. The third-order valence-electron chi connectivity index (χ3n) is 5.95. The first-order valence-electron chi connectivity index (χ1n) is 10.4. The summed E-state index contributed by atoms with van der Waals surface area (Å²) in [6.07, 6.45) is -1.60. The van der Waals surface area contributed by atoms with Crippen LogP contribution in [0.2, 0.25) is 0 Å². The van der Waals surface area contributed by atoms with Gasteiger partial charge in [0.2, 0.25) is 5.91 Å². The lowest BCUT2D eigenvalue weighted by Crippen LogP contribution is -2.69. The molecule has 1 N–H and O–H groups in total. The molecule has 0 spiro atoms. The van der Waals surface area contributed by atoms with E-state index in [1.165, 1.54) is 43.3 Å². The average molecular weight is 465 g/mol. The van der Waals surface area contributed by atoms with E-state index >= 15 is 0 Å². The van der Waals surface area contributed by atoms with E-state index in [9.17, 15) is 34.1 Å². The Balaban J connectivity index is 1.36. The largest absolute Gasteiger partial charge is 0.460 e. The first-order valence-corrected chi connectivity index (χ1v) is 10.4. The van der Waals surface area contributed by atoms with Gasteiger partial charge in [0.25, 0.3) is 17.5 Å². The number of hydrogen-bond acceptors (Lipinski definition) is 8. The standard InChI is InChI=1S/C23H19N3O8/c1-12(17(27)10-18(28)34-11-13-6-8-14(9-7-13)26(32)33)19-20(24-21(19)29)25-22(30)15-4-2-3-5-16(15)23(25)31/h2-9,12,19-20H,10-11H2,1H3,(H,24,29)/t12-,19-,20+/m0/s1. The van der Waals surface area contributed by atoms with Gasteiger partial charge in [-0.2, -0.15) is 0 Å². The monoisotopic (exact) mass is 465 g/mol. The van der Waals surface area contributed by atoms with Crippen LogP contribution < -0.4 is 5.32 Å². The van der Waals surface area contributed by atoms with E-state index in [2.05, 4.69) is 5.32 Å². The van der Waals surface area contributed by atoms with Crippen LogP contribution in [-0.2, 0) is 25.7 Å². The number of non-ortho nitro benzene ring substituents is 1. The highest BCUT2D eigenvalue weighted by Gasteiger charge is 2.53. The highest BCUT2D eigenvalue weighted by molar-refractivity contribution is 6.22. The molecule has 11 nitrogen and oxygen atoms in total. The number of ketones is 1. The van der Waals surface area contributed by atoms with Crippen LogP contribution in [0.5, 0.6) is 0 Å². The summed E-state index contributed by atoms with van der Waals surface area (Å²) in [5.41, 5.74) is 0.844. The molecule has 0 saturated carbocycles. The maximum absolute atomic E-state index is 12.7. The second kappa shape index (κ2) is 8.85. The smallest absolute Gasteiger partial charge is 0.313 e. The number of carbonyl (C=O) groups is 5. The van der Waals surface area contributed by atoms with Gasteiger partial charge in [0, 0.05) is 18.1 Å². The first kappa shape index (κ1) is 22.8. The molecule has 0 bridgehead atoms. The molecular weight excluding hydrogens is 446 g/mol. The molecular formula is C23H19N3O8. The van der Waals surface area contributed by atoms with Crippen LogP contribution in [0.1, 0.15) is 39.6 Å². The predicted octanol–water partition coefficient (Wildman–Crippen LogP) is 1.60. The number of rotatable bonds is 8. The highest BCUT2D eigenvalue weighted by atomic mass is 16.6. The maximum atomic E-state index is 12.7. The van der Waals surface area contributed by atoms with Gasteiger partial charge in [-0.1, -0.05) is 19.1 Å². The van der Waals surface area contributed by atoms with Crippen molar-refractivity contribution in [2.45, 2.75) is 26.1 Å². The Morgan fingerprint density at radius 1 is 1.06 bits per heavy atom. The molecule has 34 heavy (non-hydrogen) atoms. The molecule has 2 aromatic rings. The topological polar surface area (TPSA) is 153 Å². The Morgan fingerprint density at radius 2 is 1.65 bits per heavy atom. The quantitative estimate of drug-likeness (QED) is 0.154. The van der Waals surface area contributed by atoms with Crippen molar-refractivity contribution in [2.24, 2.45) is 11.8 Å². The van der Waals surface area contributed by atoms with E-state index < -0.39 is 58.8 Å². The molecule has 1 saturated heterocycles. The molecule has 0 radical (unpaired) electrons. The molecule has 174 valence electrons. The number of β-lactam (4-membered cyclic amide) rings is 1. The van der Waals surface area contributed by atoms with E-state index in [1.807, 2.05) is 0 Å². The van der Waals surface area contributed by atoms with Crippen molar-refractivity contribution in [1.82, 2.24) is 10.2 Å². The summed E-state index contributed by atoms with van der Waals surface area (Å²) in [7, 11) is 0. The fraction of sp³-hybridized carbons (Fsp3) is 0.261. The second-order valence-electron chi connectivity index (χ2n) is 8.02. The van der Waals surface area contributed by atoms with Crippen LogP contribution in [0, 0.1) is 22.0 Å². The van der Waals surface area contributed by atoms with Crippen molar-refractivity contribution in [2.75, 3.05) is 0 Å². The van der Waals surface area contributed by atoms with E-state index in [-0.39, 0.29) is 23.4 Å². The zero-order chi connectivity index (χ0) is 24.6. The van der Waals surface area contributed by atoms with Crippen molar-refractivity contribution in [3.63, 3.8) is 0 Å². The average Bonchev–Trinajstić information content (AvgIpc) is 3.06. The summed E-state index contributed by atoms with van der Waals surface area (Å²) in [4.78, 5) is 73.5. The number of nitrogens with zero attached hydrogens (tertiary/aromatic N) is 2. The van der Waals surface area contributed by atoms with Crippen LogP contribution in [0.25, 0.3) is 0 Å². The summed E-state index contributed by atoms with van der Waals surface area (Å²) in [5, 5.41) is 13.2. The van der Waals surface area contributed by atoms with Gasteiger partial charge >= 0.3 is 5.97 Å². The molecule has 3 amide bonds. The third-order valence-corrected chi connectivity index (χ3v) is 5.95. The van der Waals surface area contributed by atoms with E-state index in [0.717, 1.165) is 4.90 Å². The van der Waals surface area contributed by atoms with Crippen LogP contribution in [0.15, 0.2) is 48.5 Å². The number of Topliss-reactive ketones (excluding diaryl/α,β-unsaturated/α-hetero) is 1. The summed E-state index contributed by atoms with van der Waals surface area (Å²) in [5.74, 6) is -4.95. The SMILES string of the molecule is C[C@@H](C(=O)CC(=O)OCc1ccc([N+](=O)[O-])cc1)[C@@H]1C(=O)N[C@@H]1N1C(=O)c2ccccc2C1=O. The number of hydrogen-bond donors (Lipinski definition) is 1. The zero-order valence-corrected chi connectivity index (χ0v) is 17.9. The van der Waals surface area contributed by atoms with Crippen LogP contribution in [0.4, 0.5) is 5.69 Å². The van der Waals surface area contributed by atoms with Crippen molar-refractivity contribution >= 4 is 35.2 Å². The van der Waals surface area contributed by atoms with Crippen molar-refractivity contribution < 1.29 is 33.6 Å². The lowest BCUT2D eigenvalue weighted by atomic mass is 9.80.